The fourth-order valence-corrected chi connectivity index (χ4v) is 4.33. The molecular weight excluding hydrogens is 465 g/mol. The summed E-state index contributed by atoms with van der Waals surface area (Å²) in [6.45, 7) is 0.118. The summed E-state index contributed by atoms with van der Waals surface area (Å²) in [5.41, 5.74) is 4.87. The predicted molar refractivity (Wildman–Crippen MR) is 117 cm³/mol. The van der Waals surface area contributed by atoms with E-state index < -0.39 is 23.9 Å². The minimum atomic E-state index is -1.09. The number of carbonyl (C=O) groups is 2. The van der Waals surface area contributed by atoms with Crippen LogP contribution in [0.25, 0.3) is 11.1 Å². The van der Waals surface area contributed by atoms with Gasteiger partial charge in [-0.3, -0.25) is 4.79 Å². The van der Waals surface area contributed by atoms with Crippen LogP contribution in [0.5, 0.6) is 0 Å². The van der Waals surface area contributed by atoms with Crippen molar-refractivity contribution in [1.82, 2.24) is 5.32 Å². The quantitative estimate of drug-likeness (QED) is 0.475. The molecular formula is C24H19BrFNO4. The molecule has 3 aromatic rings. The van der Waals surface area contributed by atoms with Gasteiger partial charge >= 0.3 is 12.1 Å². The Hall–Kier alpha value is -3.19. The number of halogens is 2. The Morgan fingerprint density at radius 1 is 1.03 bits per heavy atom. The van der Waals surface area contributed by atoms with Gasteiger partial charge in [0.2, 0.25) is 0 Å². The summed E-state index contributed by atoms with van der Waals surface area (Å²) in [7, 11) is 0. The van der Waals surface area contributed by atoms with Gasteiger partial charge in [-0.25, -0.2) is 9.18 Å². The summed E-state index contributed by atoms with van der Waals surface area (Å²) >= 11 is 3.09. The van der Waals surface area contributed by atoms with E-state index >= 15 is 0 Å². The molecule has 0 saturated carbocycles. The van der Waals surface area contributed by atoms with Crippen LogP contribution in [-0.2, 0) is 9.53 Å². The molecule has 0 aromatic heterocycles. The average molecular weight is 484 g/mol. The summed E-state index contributed by atoms with van der Waals surface area (Å²) in [6.07, 6.45) is -1.09. The highest BCUT2D eigenvalue weighted by Crippen LogP contribution is 2.44. The van der Waals surface area contributed by atoms with E-state index in [2.05, 4.69) is 21.2 Å². The van der Waals surface area contributed by atoms with Crippen molar-refractivity contribution in [2.24, 2.45) is 0 Å². The van der Waals surface area contributed by atoms with Gasteiger partial charge in [-0.1, -0.05) is 54.6 Å². The van der Waals surface area contributed by atoms with Gasteiger partial charge in [0.15, 0.2) is 0 Å². The molecule has 1 aliphatic carbocycles. The second-order valence-corrected chi connectivity index (χ2v) is 8.15. The molecule has 3 aromatic carbocycles. The molecule has 0 spiro atoms. The first-order chi connectivity index (χ1) is 14.9. The summed E-state index contributed by atoms with van der Waals surface area (Å²) in [5, 5.41) is 11.8. The maximum atomic E-state index is 13.5. The number of ether oxygens (including phenoxy) is 1. The van der Waals surface area contributed by atoms with E-state index in [0.717, 1.165) is 22.3 Å². The van der Waals surface area contributed by atoms with Crippen LogP contribution >= 0.6 is 15.9 Å². The number of fused-ring (bicyclic) bond motifs is 3. The molecule has 0 unspecified atom stereocenters. The number of benzene rings is 3. The van der Waals surface area contributed by atoms with E-state index in [9.17, 15) is 19.1 Å². The highest BCUT2D eigenvalue weighted by atomic mass is 79.9. The fourth-order valence-electron chi connectivity index (χ4n) is 3.94. The Morgan fingerprint density at radius 2 is 1.65 bits per heavy atom. The van der Waals surface area contributed by atoms with Crippen molar-refractivity contribution in [3.63, 3.8) is 0 Å². The number of rotatable bonds is 6. The highest BCUT2D eigenvalue weighted by Gasteiger charge is 2.29. The molecule has 0 heterocycles. The largest absolute Gasteiger partial charge is 0.481 e. The van der Waals surface area contributed by atoms with Gasteiger partial charge in [-0.15, -0.1) is 0 Å². The van der Waals surface area contributed by atoms with Gasteiger partial charge in [0.1, 0.15) is 12.4 Å². The summed E-state index contributed by atoms with van der Waals surface area (Å²) in [5.74, 6) is -1.67. The van der Waals surface area contributed by atoms with E-state index in [4.69, 9.17) is 4.74 Å². The van der Waals surface area contributed by atoms with E-state index in [-0.39, 0.29) is 23.4 Å². The minimum Gasteiger partial charge on any atom is -0.481 e. The number of aliphatic carboxylic acids is 1. The van der Waals surface area contributed by atoms with Crippen LogP contribution in [-0.4, -0.2) is 23.8 Å². The van der Waals surface area contributed by atoms with Crippen LogP contribution in [0, 0.1) is 5.82 Å². The Kier molecular flexibility index (Phi) is 6.04. The normalized spacial score (nSPS) is 13.2. The summed E-state index contributed by atoms with van der Waals surface area (Å²) in [4.78, 5) is 23.8. The molecule has 4 rings (SSSR count). The lowest BCUT2D eigenvalue weighted by molar-refractivity contribution is -0.137. The first-order valence-corrected chi connectivity index (χ1v) is 10.5. The third-order valence-electron chi connectivity index (χ3n) is 5.36. The number of alkyl carbamates (subject to hydrolysis) is 1. The molecule has 31 heavy (non-hydrogen) atoms. The fraction of sp³-hybridized carbons (Fsp3) is 0.167. The first-order valence-electron chi connectivity index (χ1n) is 9.72. The molecule has 158 valence electrons. The third-order valence-corrected chi connectivity index (χ3v) is 5.97. The number of hydrogen-bond acceptors (Lipinski definition) is 3. The molecule has 5 nitrogen and oxygen atoms in total. The van der Waals surface area contributed by atoms with Crippen molar-refractivity contribution < 1.29 is 23.8 Å². The number of amides is 1. The lowest BCUT2D eigenvalue weighted by Gasteiger charge is -2.19. The number of nitrogens with one attached hydrogen (secondary N) is 1. The maximum absolute atomic E-state index is 13.5. The zero-order valence-corrected chi connectivity index (χ0v) is 17.9. The van der Waals surface area contributed by atoms with Gasteiger partial charge in [-0.2, -0.15) is 0 Å². The third kappa shape index (κ3) is 4.46. The van der Waals surface area contributed by atoms with Crippen LogP contribution in [0.2, 0.25) is 0 Å². The van der Waals surface area contributed by atoms with E-state index in [1.165, 1.54) is 18.2 Å². The molecule has 7 heteroatoms. The lowest BCUT2D eigenvalue weighted by atomic mass is 9.98. The van der Waals surface area contributed by atoms with Gasteiger partial charge in [0.25, 0.3) is 0 Å². The lowest BCUT2D eigenvalue weighted by Crippen LogP contribution is -2.31. The standard InChI is InChI=1S/C24H19BrFNO4/c25-20-11-14(9-10-21(20)26)22(12-23(28)29)27-24(30)31-13-19-17-7-3-1-5-15(17)16-6-2-4-8-18(16)19/h1-11,19,22H,12-13H2,(H,27,30)(H,28,29)/t22-/m1/s1. The minimum absolute atomic E-state index is 0.101. The zero-order chi connectivity index (χ0) is 22.0. The van der Waals surface area contributed by atoms with Crippen LogP contribution in [0.3, 0.4) is 0 Å². The molecule has 0 fully saturated rings. The number of carboxylic acid groups (broad SMARTS) is 1. The van der Waals surface area contributed by atoms with E-state index in [1.54, 1.807) is 0 Å². The average Bonchev–Trinajstić information content (AvgIpc) is 3.07. The maximum Gasteiger partial charge on any atom is 0.407 e. The van der Waals surface area contributed by atoms with Gasteiger partial charge in [0, 0.05) is 5.92 Å². The molecule has 1 amide bonds. The Morgan fingerprint density at radius 3 is 2.23 bits per heavy atom. The zero-order valence-electron chi connectivity index (χ0n) is 16.3. The number of hydrogen-bond donors (Lipinski definition) is 2. The first kappa shape index (κ1) is 21.1. The molecule has 0 aliphatic heterocycles. The molecule has 1 aliphatic rings. The Bertz CT molecular complexity index is 1100. The van der Waals surface area contributed by atoms with Gasteiger partial charge < -0.3 is 15.2 Å². The monoisotopic (exact) mass is 483 g/mol. The van der Waals surface area contributed by atoms with Gasteiger partial charge in [-0.05, 0) is 55.9 Å². The second-order valence-electron chi connectivity index (χ2n) is 7.29. The van der Waals surface area contributed by atoms with Gasteiger partial charge in [0.05, 0.1) is 16.9 Å². The van der Waals surface area contributed by atoms with Crippen molar-refractivity contribution in [2.75, 3.05) is 6.61 Å². The van der Waals surface area contributed by atoms with Crippen molar-refractivity contribution in [2.45, 2.75) is 18.4 Å². The van der Waals surface area contributed by atoms with Crippen LogP contribution in [0.1, 0.15) is 35.1 Å². The Labute approximate surface area is 187 Å². The summed E-state index contributed by atoms with van der Waals surface area (Å²) < 4.78 is 19.2. The molecule has 2 N–H and O–H groups in total. The topological polar surface area (TPSA) is 75.6 Å². The molecule has 0 bridgehead atoms. The van der Waals surface area contributed by atoms with Crippen molar-refractivity contribution in [3.05, 3.63) is 93.7 Å². The SMILES string of the molecule is O=C(O)C[C@@H](NC(=O)OCC1c2ccccc2-c2ccccc21)c1ccc(F)c(Br)c1. The van der Waals surface area contributed by atoms with Crippen LogP contribution in [0.4, 0.5) is 9.18 Å². The van der Waals surface area contributed by atoms with Crippen LogP contribution in [0.15, 0.2) is 71.2 Å². The molecule has 0 radical (unpaired) electrons. The molecule has 1 atom stereocenters. The van der Waals surface area contributed by atoms with E-state index in [0.29, 0.717) is 5.56 Å². The second kappa shape index (κ2) is 8.89. The van der Waals surface area contributed by atoms with Crippen molar-refractivity contribution >= 4 is 28.0 Å². The number of carboxylic acids is 1. The Balaban J connectivity index is 1.49. The molecule has 0 saturated heterocycles. The van der Waals surface area contributed by atoms with E-state index in [1.807, 2.05) is 48.5 Å². The highest BCUT2D eigenvalue weighted by molar-refractivity contribution is 9.10. The van der Waals surface area contributed by atoms with Crippen molar-refractivity contribution in [3.8, 4) is 11.1 Å². The summed E-state index contributed by atoms with van der Waals surface area (Å²) in [6, 6.07) is 19.2. The smallest absolute Gasteiger partial charge is 0.407 e. The van der Waals surface area contributed by atoms with Crippen molar-refractivity contribution in [1.29, 1.82) is 0 Å². The van der Waals surface area contributed by atoms with Crippen LogP contribution < -0.4 is 5.32 Å². The predicted octanol–water partition coefficient (Wildman–Crippen LogP) is 5.64. The number of carbonyl (C=O) groups excluding carboxylic acids is 1.